The second-order valence-electron chi connectivity index (χ2n) is 6.94. The summed E-state index contributed by atoms with van der Waals surface area (Å²) >= 11 is 7.70. The average Bonchev–Trinajstić information content (AvgIpc) is 3.34. The Labute approximate surface area is 176 Å². The topological polar surface area (TPSA) is 77.8 Å². The Hall–Kier alpha value is -2.55. The molecular weight excluding hydrogens is 408 g/mol. The summed E-state index contributed by atoms with van der Waals surface area (Å²) < 4.78 is 8.19. The number of aromatic nitrogens is 5. The first kappa shape index (κ1) is 18.5. The Kier molecular flexibility index (Phi) is 4.91. The number of nitrogens with one attached hydrogen (secondary N) is 1. The van der Waals surface area contributed by atoms with Crippen LogP contribution in [0.15, 0.2) is 36.7 Å². The third-order valence-corrected chi connectivity index (χ3v) is 6.37. The van der Waals surface area contributed by atoms with Gasteiger partial charge in [-0.3, -0.25) is 0 Å². The number of methoxy groups -OCH3 is 1. The van der Waals surface area contributed by atoms with Gasteiger partial charge < -0.3 is 10.1 Å². The van der Waals surface area contributed by atoms with Crippen molar-refractivity contribution in [2.45, 2.75) is 32.0 Å². The van der Waals surface area contributed by atoms with Gasteiger partial charge in [0, 0.05) is 23.6 Å². The predicted octanol–water partition coefficient (Wildman–Crippen LogP) is 4.70. The van der Waals surface area contributed by atoms with Crippen LogP contribution >= 0.6 is 22.9 Å². The minimum atomic E-state index is 0.0565. The maximum Gasteiger partial charge on any atom is 0.176 e. The molecule has 0 saturated heterocycles. The molecule has 0 radical (unpaired) electrons. The Morgan fingerprint density at radius 2 is 2.14 bits per heavy atom. The molecule has 0 amide bonds. The van der Waals surface area contributed by atoms with Crippen LogP contribution in [0.2, 0.25) is 5.02 Å². The van der Waals surface area contributed by atoms with E-state index in [1.54, 1.807) is 24.8 Å². The van der Waals surface area contributed by atoms with Gasteiger partial charge >= 0.3 is 0 Å². The third kappa shape index (κ3) is 3.59. The number of nitrogens with zero attached hydrogens (tertiary/aromatic N) is 5. The summed E-state index contributed by atoms with van der Waals surface area (Å²) in [5.74, 6) is 2.48. The fourth-order valence-electron chi connectivity index (χ4n) is 3.61. The number of benzene rings is 1. The molecule has 1 aromatic carbocycles. The molecule has 1 atom stereocenters. The van der Waals surface area contributed by atoms with E-state index in [1.807, 2.05) is 28.9 Å². The molecular formula is C20H19ClN6OS. The van der Waals surface area contributed by atoms with Crippen LogP contribution in [-0.4, -0.2) is 31.8 Å². The highest BCUT2D eigenvalue weighted by molar-refractivity contribution is 7.22. The molecule has 1 aliphatic rings. The van der Waals surface area contributed by atoms with E-state index < -0.39 is 0 Å². The van der Waals surface area contributed by atoms with Gasteiger partial charge in [-0.2, -0.15) is 5.10 Å². The van der Waals surface area contributed by atoms with E-state index in [2.05, 4.69) is 31.4 Å². The van der Waals surface area contributed by atoms with Gasteiger partial charge in [0.05, 0.1) is 16.3 Å². The van der Waals surface area contributed by atoms with Crippen LogP contribution in [0.3, 0.4) is 0 Å². The fourth-order valence-corrected chi connectivity index (χ4v) is 4.80. The molecule has 1 unspecified atom stereocenters. The number of ether oxygens (including phenoxy) is 1. The van der Waals surface area contributed by atoms with E-state index in [0.29, 0.717) is 12.4 Å². The van der Waals surface area contributed by atoms with Crippen LogP contribution in [0, 0.1) is 0 Å². The Morgan fingerprint density at radius 1 is 1.28 bits per heavy atom. The molecule has 1 N–H and O–H groups in total. The lowest BCUT2D eigenvalue weighted by molar-refractivity contribution is 0.177. The molecule has 3 aromatic heterocycles. The molecule has 7 nitrogen and oxygen atoms in total. The number of rotatable bonds is 5. The summed E-state index contributed by atoms with van der Waals surface area (Å²) in [5.41, 5.74) is 2.04. The molecule has 4 aromatic rings. The largest absolute Gasteiger partial charge is 0.377 e. The third-order valence-electron chi connectivity index (χ3n) is 4.94. The van der Waals surface area contributed by atoms with Crippen molar-refractivity contribution in [2.75, 3.05) is 12.4 Å². The van der Waals surface area contributed by atoms with Gasteiger partial charge in [-0.15, -0.1) is 11.3 Å². The second kappa shape index (κ2) is 7.70. The molecule has 0 bridgehead atoms. The van der Waals surface area contributed by atoms with Gasteiger partial charge in [-0.25, -0.2) is 19.6 Å². The van der Waals surface area contributed by atoms with Gasteiger partial charge in [0.2, 0.25) is 0 Å². The molecule has 9 heteroatoms. The second-order valence-corrected chi connectivity index (χ2v) is 8.42. The molecule has 148 valence electrons. The lowest BCUT2D eigenvalue weighted by Crippen LogP contribution is -2.23. The van der Waals surface area contributed by atoms with Gasteiger partial charge in [0.25, 0.3) is 0 Å². The Morgan fingerprint density at radius 3 is 2.97 bits per heavy atom. The number of aryl methyl sites for hydroxylation is 1. The summed E-state index contributed by atoms with van der Waals surface area (Å²) in [6.45, 7) is 1.29. The first-order valence-electron chi connectivity index (χ1n) is 9.41. The van der Waals surface area contributed by atoms with Crippen LogP contribution in [-0.2, 0) is 17.9 Å². The summed E-state index contributed by atoms with van der Waals surface area (Å²) in [7, 11) is 1.66. The summed E-state index contributed by atoms with van der Waals surface area (Å²) in [6, 6.07) is 10.00. The smallest absolute Gasteiger partial charge is 0.176 e. The van der Waals surface area contributed by atoms with Crippen molar-refractivity contribution >= 4 is 39.0 Å². The zero-order chi connectivity index (χ0) is 19.8. The first-order chi connectivity index (χ1) is 14.2. The van der Waals surface area contributed by atoms with Crippen molar-refractivity contribution in [3.05, 3.63) is 53.3 Å². The normalized spacial score (nSPS) is 16.1. The number of anilines is 1. The number of thiophene rings is 1. The fraction of sp³-hybridized carbons (Fsp3) is 0.300. The quantitative estimate of drug-likeness (QED) is 0.498. The van der Waals surface area contributed by atoms with E-state index in [0.717, 1.165) is 56.7 Å². The Balaban J connectivity index is 1.48. The van der Waals surface area contributed by atoms with E-state index >= 15 is 0 Å². The molecule has 0 saturated carbocycles. The van der Waals surface area contributed by atoms with Gasteiger partial charge in [0.15, 0.2) is 5.82 Å². The monoisotopic (exact) mass is 426 g/mol. The summed E-state index contributed by atoms with van der Waals surface area (Å²) in [6.07, 6.45) is 3.62. The molecule has 4 heterocycles. The van der Waals surface area contributed by atoms with Crippen LogP contribution in [0.25, 0.3) is 20.7 Å². The SMILES string of the molecule is COCc1nc2n(n1)CCCC2Nc1ncnc2cc(-c3ccc(Cl)cc3)sc12. The first-order valence-corrected chi connectivity index (χ1v) is 10.6. The van der Waals surface area contributed by atoms with Crippen molar-refractivity contribution in [1.29, 1.82) is 0 Å². The van der Waals surface area contributed by atoms with Crippen LogP contribution in [0.4, 0.5) is 5.82 Å². The Bertz CT molecular complexity index is 1160. The summed E-state index contributed by atoms with van der Waals surface area (Å²) in [5, 5.41) is 8.86. The van der Waals surface area contributed by atoms with Crippen molar-refractivity contribution in [3.8, 4) is 10.4 Å². The standard InChI is InChI=1S/C20H19ClN6OS/c1-28-10-17-25-20-14(3-2-8-27(20)26-17)24-19-18-15(22-11-23-19)9-16(29-18)12-4-6-13(21)7-5-12/h4-7,9,11,14H,2-3,8,10H2,1H3,(H,22,23,24). The van der Waals surface area contributed by atoms with Crippen LogP contribution < -0.4 is 5.32 Å². The van der Waals surface area contributed by atoms with E-state index in [9.17, 15) is 0 Å². The molecule has 1 aliphatic heterocycles. The number of fused-ring (bicyclic) bond motifs is 2. The molecule has 0 spiro atoms. The van der Waals surface area contributed by atoms with E-state index in [4.69, 9.17) is 16.3 Å². The maximum atomic E-state index is 6.02. The average molecular weight is 427 g/mol. The van der Waals surface area contributed by atoms with Crippen molar-refractivity contribution < 1.29 is 4.74 Å². The lowest BCUT2D eigenvalue weighted by atomic mass is 10.1. The molecule has 5 rings (SSSR count). The van der Waals surface area contributed by atoms with E-state index in [-0.39, 0.29) is 6.04 Å². The van der Waals surface area contributed by atoms with Crippen LogP contribution in [0.1, 0.15) is 30.5 Å². The number of hydrogen-bond donors (Lipinski definition) is 1. The highest BCUT2D eigenvalue weighted by atomic mass is 35.5. The minimum Gasteiger partial charge on any atom is -0.377 e. The summed E-state index contributed by atoms with van der Waals surface area (Å²) in [4.78, 5) is 14.8. The predicted molar refractivity (Wildman–Crippen MR) is 114 cm³/mol. The van der Waals surface area contributed by atoms with E-state index in [1.165, 1.54) is 0 Å². The molecule has 0 aliphatic carbocycles. The highest BCUT2D eigenvalue weighted by Gasteiger charge is 2.25. The minimum absolute atomic E-state index is 0.0565. The zero-order valence-electron chi connectivity index (χ0n) is 15.8. The van der Waals surface area contributed by atoms with Gasteiger partial charge in [0.1, 0.15) is 24.6 Å². The number of hydrogen-bond acceptors (Lipinski definition) is 7. The highest BCUT2D eigenvalue weighted by Crippen LogP contribution is 2.37. The molecule has 0 fully saturated rings. The van der Waals surface area contributed by atoms with Crippen molar-refractivity contribution in [2.24, 2.45) is 0 Å². The van der Waals surface area contributed by atoms with Crippen molar-refractivity contribution in [3.63, 3.8) is 0 Å². The zero-order valence-corrected chi connectivity index (χ0v) is 17.4. The van der Waals surface area contributed by atoms with Gasteiger partial charge in [-0.1, -0.05) is 23.7 Å². The van der Waals surface area contributed by atoms with Gasteiger partial charge in [-0.05, 0) is 36.6 Å². The molecule has 29 heavy (non-hydrogen) atoms. The van der Waals surface area contributed by atoms with Crippen molar-refractivity contribution in [1.82, 2.24) is 24.7 Å². The number of halogens is 1. The maximum absolute atomic E-state index is 6.02. The van der Waals surface area contributed by atoms with Crippen LogP contribution in [0.5, 0.6) is 0 Å². The lowest BCUT2D eigenvalue weighted by Gasteiger charge is -2.23.